The lowest BCUT2D eigenvalue weighted by Crippen LogP contribution is -2.42. The number of hydrogen-bond donors (Lipinski definition) is 2. The molecule has 0 amide bonds. The van der Waals surface area contributed by atoms with Crippen molar-refractivity contribution in [2.45, 2.75) is 44.2 Å². The van der Waals surface area contributed by atoms with Crippen LogP contribution >= 0.6 is 0 Å². The molecule has 2 aromatic rings. The van der Waals surface area contributed by atoms with Crippen molar-refractivity contribution in [3.63, 3.8) is 0 Å². The number of nitrogens with zero attached hydrogens (tertiary/aromatic N) is 1. The molecule has 0 bridgehead atoms. The monoisotopic (exact) mass is 383 g/mol. The number of rotatable bonds is 6. The Morgan fingerprint density at radius 2 is 2.04 bits per heavy atom. The first-order chi connectivity index (χ1) is 13.9. The van der Waals surface area contributed by atoms with Gasteiger partial charge in [0.15, 0.2) is 5.96 Å². The topological polar surface area (TPSA) is 68.0 Å². The summed E-state index contributed by atoms with van der Waals surface area (Å²) in [6.07, 6.45) is 7.13. The highest BCUT2D eigenvalue weighted by molar-refractivity contribution is 5.80. The van der Waals surface area contributed by atoms with Gasteiger partial charge < -0.3 is 24.5 Å². The van der Waals surface area contributed by atoms with Gasteiger partial charge in [0.1, 0.15) is 11.5 Å². The van der Waals surface area contributed by atoms with E-state index in [0.29, 0.717) is 13.2 Å². The van der Waals surface area contributed by atoms with E-state index in [4.69, 9.17) is 18.9 Å². The van der Waals surface area contributed by atoms with Crippen molar-refractivity contribution in [1.82, 2.24) is 10.6 Å². The summed E-state index contributed by atoms with van der Waals surface area (Å²) >= 11 is 0. The molecule has 3 heterocycles. The summed E-state index contributed by atoms with van der Waals surface area (Å²) in [5.74, 6) is 2.75. The standard InChI is InChI=1S/C22H29N3O3/c1-2-9-21-19(8-1)20(11-15-28-21)25-22(23-12-10-17-7-5-14-26-17)24-16-18-6-3-4-13-27-18/h1-2,5,7-9,14,18,20H,3-4,6,10-13,15-16H2,(H2,23,24,25). The van der Waals surface area contributed by atoms with Crippen LogP contribution in [0.2, 0.25) is 0 Å². The number of furan rings is 1. The summed E-state index contributed by atoms with van der Waals surface area (Å²) < 4.78 is 17.1. The Morgan fingerprint density at radius 1 is 1.07 bits per heavy atom. The van der Waals surface area contributed by atoms with Crippen LogP contribution < -0.4 is 15.4 Å². The average molecular weight is 383 g/mol. The van der Waals surface area contributed by atoms with E-state index in [9.17, 15) is 0 Å². The highest BCUT2D eigenvalue weighted by atomic mass is 16.5. The van der Waals surface area contributed by atoms with E-state index in [0.717, 1.165) is 56.3 Å². The lowest BCUT2D eigenvalue weighted by Gasteiger charge is -2.28. The molecule has 150 valence electrons. The number of aliphatic imine (C=N–C) groups is 1. The summed E-state index contributed by atoms with van der Waals surface area (Å²) in [6, 6.07) is 12.3. The van der Waals surface area contributed by atoms with Crippen LogP contribution in [0.15, 0.2) is 52.1 Å². The Bertz CT molecular complexity index is 754. The predicted molar refractivity (Wildman–Crippen MR) is 109 cm³/mol. The van der Waals surface area contributed by atoms with Gasteiger partial charge in [-0.3, -0.25) is 4.99 Å². The van der Waals surface area contributed by atoms with Gasteiger partial charge in [-0.25, -0.2) is 0 Å². The van der Waals surface area contributed by atoms with E-state index in [-0.39, 0.29) is 12.1 Å². The van der Waals surface area contributed by atoms with Gasteiger partial charge in [0.05, 0.1) is 31.6 Å². The molecule has 0 aliphatic carbocycles. The molecule has 1 aromatic carbocycles. The zero-order valence-corrected chi connectivity index (χ0v) is 16.2. The van der Waals surface area contributed by atoms with Crippen molar-refractivity contribution in [1.29, 1.82) is 0 Å². The van der Waals surface area contributed by atoms with Crippen molar-refractivity contribution < 1.29 is 13.9 Å². The third-order valence-corrected chi connectivity index (χ3v) is 5.24. The summed E-state index contributed by atoms with van der Waals surface area (Å²) in [4.78, 5) is 4.83. The quantitative estimate of drug-likeness (QED) is 0.591. The van der Waals surface area contributed by atoms with Gasteiger partial charge in [0.25, 0.3) is 0 Å². The molecule has 4 rings (SSSR count). The Balaban J connectivity index is 1.41. The normalized spacial score (nSPS) is 22.2. The predicted octanol–water partition coefficient (Wildman–Crippen LogP) is 3.45. The number of ether oxygens (including phenoxy) is 2. The minimum Gasteiger partial charge on any atom is -0.493 e. The lowest BCUT2D eigenvalue weighted by atomic mass is 10.0. The molecule has 0 spiro atoms. The largest absolute Gasteiger partial charge is 0.493 e. The van der Waals surface area contributed by atoms with Gasteiger partial charge in [-0.2, -0.15) is 0 Å². The van der Waals surface area contributed by atoms with Gasteiger partial charge in [-0.05, 0) is 37.5 Å². The summed E-state index contributed by atoms with van der Waals surface area (Å²) in [7, 11) is 0. The highest BCUT2D eigenvalue weighted by Gasteiger charge is 2.22. The molecule has 28 heavy (non-hydrogen) atoms. The number of nitrogens with one attached hydrogen (secondary N) is 2. The second-order valence-electron chi connectivity index (χ2n) is 7.31. The zero-order chi connectivity index (χ0) is 19.0. The maximum absolute atomic E-state index is 5.84. The van der Waals surface area contributed by atoms with Crippen molar-refractivity contribution in [3.05, 3.63) is 54.0 Å². The lowest BCUT2D eigenvalue weighted by molar-refractivity contribution is 0.0224. The van der Waals surface area contributed by atoms with Crippen LogP contribution in [0.25, 0.3) is 0 Å². The minimum absolute atomic E-state index is 0.187. The van der Waals surface area contributed by atoms with E-state index in [1.807, 2.05) is 24.3 Å². The fraction of sp³-hybridized carbons (Fsp3) is 0.500. The average Bonchev–Trinajstić information content (AvgIpc) is 3.26. The van der Waals surface area contributed by atoms with Gasteiger partial charge in [0.2, 0.25) is 0 Å². The van der Waals surface area contributed by atoms with Gasteiger partial charge in [-0.1, -0.05) is 18.2 Å². The third kappa shape index (κ3) is 5.07. The van der Waals surface area contributed by atoms with Crippen molar-refractivity contribution >= 4 is 5.96 Å². The van der Waals surface area contributed by atoms with Crippen LogP contribution in [0, 0.1) is 0 Å². The van der Waals surface area contributed by atoms with Crippen LogP contribution in [0.4, 0.5) is 0 Å². The molecule has 0 saturated carbocycles. The van der Waals surface area contributed by atoms with Crippen LogP contribution in [0.3, 0.4) is 0 Å². The molecular weight excluding hydrogens is 354 g/mol. The summed E-state index contributed by atoms with van der Waals surface area (Å²) in [6.45, 7) is 3.00. The Kier molecular flexibility index (Phi) is 6.50. The number of hydrogen-bond acceptors (Lipinski definition) is 4. The van der Waals surface area contributed by atoms with Gasteiger partial charge >= 0.3 is 0 Å². The molecule has 1 aromatic heterocycles. The van der Waals surface area contributed by atoms with Crippen molar-refractivity contribution in [2.75, 3.05) is 26.3 Å². The van der Waals surface area contributed by atoms with E-state index in [1.54, 1.807) is 6.26 Å². The van der Waals surface area contributed by atoms with Gasteiger partial charge in [-0.15, -0.1) is 0 Å². The fourth-order valence-corrected chi connectivity index (χ4v) is 3.71. The Morgan fingerprint density at radius 3 is 2.89 bits per heavy atom. The molecule has 2 N–H and O–H groups in total. The first-order valence-electron chi connectivity index (χ1n) is 10.3. The molecule has 6 nitrogen and oxygen atoms in total. The van der Waals surface area contributed by atoms with Crippen molar-refractivity contribution in [2.24, 2.45) is 4.99 Å². The van der Waals surface area contributed by atoms with Crippen LogP contribution in [0.5, 0.6) is 5.75 Å². The first-order valence-corrected chi connectivity index (χ1v) is 10.3. The van der Waals surface area contributed by atoms with Crippen LogP contribution in [-0.2, 0) is 11.2 Å². The Hall–Kier alpha value is -2.47. The number of para-hydroxylation sites is 1. The maximum Gasteiger partial charge on any atom is 0.191 e. The summed E-state index contributed by atoms with van der Waals surface area (Å²) in [5.41, 5.74) is 1.18. The molecule has 2 aliphatic heterocycles. The number of benzene rings is 1. The zero-order valence-electron chi connectivity index (χ0n) is 16.2. The molecule has 1 fully saturated rings. The van der Waals surface area contributed by atoms with E-state index < -0.39 is 0 Å². The molecule has 2 aliphatic rings. The molecule has 2 atom stereocenters. The summed E-state index contributed by atoms with van der Waals surface area (Å²) in [5, 5.41) is 7.06. The van der Waals surface area contributed by atoms with E-state index >= 15 is 0 Å². The van der Waals surface area contributed by atoms with Crippen molar-refractivity contribution in [3.8, 4) is 5.75 Å². The molecule has 1 saturated heterocycles. The molecule has 6 heteroatoms. The first kappa shape index (κ1) is 18.9. The number of guanidine groups is 1. The Labute approximate surface area is 166 Å². The van der Waals surface area contributed by atoms with E-state index in [1.165, 1.54) is 12.0 Å². The second kappa shape index (κ2) is 9.64. The maximum atomic E-state index is 5.84. The van der Waals surface area contributed by atoms with Crippen LogP contribution in [-0.4, -0.2) is 38.4 Å². The second-order valence-corrected chi connectivity index (χ2v) is 7.31. The smallest absolute Gasteiger partial charge is 0.191 e. The SMILES string of the molecule is c1coc(CCNC(=NCC2CCCCO2)NC2CCOc3ccccc32)c1. The third-order valence-electron chi connectivity index (χ3n) is 5.24. The molecule has 0 radical (unpaired) electrons. The molecular formula is C22H29N3O3. The minimum atomic E-state index is 0.187. The van der Waals surface area contributed by atoms with Crippen LogP contribution in [0.1, 0.15) is 43.0 Å². The molecule has 2 unspecified atom stereocenters. The highest BCUT2D eigenvalue weighted by Crippen LogP contribution is 2.31. The van der Waals surface area contributed by atoms with E-state index in [2.05, 4.69) is 22.8 Å². The fourth-order valence-electron chi connectivity index (χ4n) is 3.71. The van der Waals surface area contributed by atoms with Gasteiger partial charge in [0, 0.05) is 31.6 Å². The number of fused-ring (bicyclic) bond motifs is 1.